The molecule has 0 saturated heterocycles. The van der Waals surface area contributed by atoms with Crippen molar-refractivity contribution >= 4 is 15.9 Å². The maximum atomic E-state index is 12.3. The summed E-state index contributed by atoms with van der Waals surface area (Å²) in [6.07, 6.45) is 4.40. The number of hydrogen-bond donors (Lipinski definition) is 1. The number of rotatable bonds is 2. The predicted octanol–water partition coefficient (Wildman–Crippen LogP) is 4.76. The fourth-order valence-corrected chi connectivity index (χ4v) is 1.40. The van der Waals surface area contributed by atoms with Gasteiger partial charge in [-0.15, -0.1) is 0 Å². The second-order valence-electron chi connectivity index (χ2n) is 3.93. The van der Waals surface area contributed by atoms with Gasteiger partial charge in [-0.3, -0.25) is 4.98 Å². The topological polar surface area (TPSA) is 51.8 Å². The number of pyridine rings is 2. The maximum absolute atomic E-state index is 12.3. The van der Waals surface area contributed by atoms with Crippen LogP contribution in [0.25, 0.3) is 0 Å². The molecule has 2 aromatic rings. The molecule has 0 aromatic carbocycles. The SMILES string of the molecule is C.CCCc1ccc(F)cn1.CCN.Fc1ccc(Br)nc1. The summed E-state index contributed by atoms with van der Waals surface area (Å²) >= 11 is 3.07. The monoisotopic (exact) mass is 375 g/mol. The Balaban J connectivity index is 0. The quantitative estimate of drug-likeness (QED) is 0.769. The van der Waals surface area contributed by atoms with Crippen molar-refractivity contribution in [2.24, 2.45) is 5.73 Å². The van der Waals surface area contributed by atoms with E-state index in [4.69, 9.17) is 5.73 Å². The molecule has 2 aromatic heterocycles. The summed E-state index contributed by atoms with van der Waals surface area (Å²) in [5.41, 5.74) is 5.81. The van der Waals surface area contributed by atoms with Crippen LogP contribution in [0.1, 0.15) is 33.4 Å². The van der Waals surface area contributed by atoms with Gasteiger partial charge in [0.1, 0.15) is 16.2 Å². The second kappa shape index (κ2) is 14.5. The molecule has 2 N–H and O–H groups in total. The highest BCUT2D eigenvalue weighted by Crippen LogP contribution is 2.03. The second-order valence-corrected chi connectivity index (χ2v) is 4.74. The molecule has 0 spiro atoms. The van der Waals surface area contributed by atoms with Crippen LogP contribution in [-0.2, 0) is 6.42 Å². The van der Waals surface area contributed by atoms with Gasteiger partial charge in [0.2, 0.25) is 0 Å². The highest BCUT2D eigenvalue weighted by atomic mass is 79.9. The zero-order valence-electron chi connectivity index (χ0n) is 12.2. The predicted molar refractivity (Wildman–Crippen MR) is 91.5 cm³/mol. The van der Waals surface area contributed by atoms with Gasteiger partial charge in [0, 0.05) is 5.69 Å². The van der Waals surface area contributed by atoms with E-state index in [1.165, 1.54) is 18.3 Å². The summed E-state index contributed by atoms with van der Waals surface area (Å²) in [6.45, 7) is 4.73. The van der Waals surface area contributed by atoms with E-state index in [-0.39, 0.29) is 19.1 Å². The van der Waals surface area contributed by atoms with Crippen molar-refractivity contribution in [3.8, 4) is 0 Å². The highest BCUT2D eigenvalue weighted by molar-refractivity contribution is 9.10. The molecule has 0 fully saturated rings. The molecule has 6 heteroatoms. The molecule has 0 aliphatic heterocycles. The molecule has 124 valence electrons. The van der Waals surface area contributed by atoms with Crippen LogP contribution in [0.15, 0.2) is 41.3 Å². The van der Waals surface area contributed by atoms with Gasteiger partial charge in [0.15, 0.2) is 0 Å². The van der Waals surface area contributed by atoms with E-state index in [1.54, 1.807) is 12.1 Å². The molecule has 0 bridgehead atoms. The van der Waals surface area contributed by atoms with Gasteiger partial charge in [0.05, 0.1) is 12.4 Å². The minimum atomic E-state index is -0.312. The molecule has 0 unspecified atom stereocenters. The molecule has 2 rings (SSSR count). The lowest BCUT2D eigenvalue weighted by molar-refractivity contribution is 0.618. The van der Waals surface area contributed by atoms with Gasteiger partial charge in [-0.05, 0) is 53.2 Å². The Morgan fingerprint density at radius 1 is 1.00 bits per heavy atom. The van der Waals surface area contributed by atoms with E-state index >= 15 is 0 Å². The van der Waals surface area contributed by atoms with E-state index in [1.807, 2.05) is 6.92 Å². The number of aryl methyl sites for hydroxylation is 1. The van der Waals surface area contributed by atoms with Crippen LogP contribution in [0.4, 0.5) is 8.78 Å². The Morgan fingerprint density at radius 2 is 1.50 bits per heavy atom. The first-order chi connectivity index (χ1) is 10.0. The third-order valence-corrected chi connectivity index (χ3v) is 2.46. The molecule has 3 nitrogen and oxygen atoms in total. The van der Waals surface area contributed by atoms with E-state index in [9.17, 15) is 8.78 Å². The van der Waals surface area contributed by atoms with Crippen LogP contribution in [0, 0.1) is 11.6 Å². The number of hydrogen-bond acceptors (Lipinski definition) is 3. The van der Waals surface area contributed by atoms with E-state index < -0.39 is 0 Å². The van der Waals surface area contributed by atoms with Crippen molar-refractivity contribution < 1.29 is 8.78 Å². The molecule has 0 saturated carbocycles. The Labute approximate surface area is 140 Å². The summed E-state index contributed by atoms with van der Waals surface area (Å²) in [6, 6.07) is 6.06. The minimum absolute atomic E-state index is 0. The normalized spacial score (nSPS) is 8.64. The lowest BCUT2D eigenvalue weighted by atomic mass is 10.2. The average Bonchev–Trinajstić information content (AvgIpc) is 2.47. The third-order valence-electron chi connectivity index (χ3n) is 1.99. The first-order valence-electron chi connectivity index (χ1n) is 6.61. The third kappa shape index (κ3) is 12.3. The Morgan fingerprint density at radius 3 is 1.82 bits per heavy atom. The smallest absolute Gasteiger partial charge is 0.141 e. The van der Waals surface area contributed by atoms with Crippen molar-refractivity contribution in [2.75, 3.05) is 6.54 Å². The van der Waals surface area contributed by atoms with Gasteiger partial charge >= 0.3 is 0 Å². The summed E-state index contributed by atoms with van der Waals surface area (Å²) in [5.74, 6) is -0.576. The fraction of sp³-hybridized carbons (Fsp3) is 0.375. The zero-order valence-corrected chi connectivity index (χ0v) is 13.8. The Kier molecular flexibility index (Phi) is 15.1. The molecule has 2 heterocycles. The van der Waals surface area contributed by atoms with Crippen molar-refractivity contribution in [2.45, 2.75) is 34.1 Å². The molecular weight excluding hydrogens is 352 g/mol. The van der Waals surface area contributed by atoms with Crippen LogP contribution >= 0.6 is 15.9 Å². The first-order valence-corrected chi connectivity index (χ1v) is 7.40. The van der Waals surface area contributed by atoms with Gasteiger partial charge in [-0.2, -0.15) is 0 Å². The van der Waals surface area contributed by atoms with Gasteiger partial charge in [-0.1, -0.05) is 27.7 Å². The van der Waals surface area contributed by atoms with E-state index in [0.29, 0.717) is 4.60 Å². The maximum Gasteiger partial charge on any atom is 0.141 e. The van der Waals surface area contributed by atoms with E-state index in [2.05, 4.69) is 32.8 Å². The Bertz CT molecular complexity index is 455. The number of nitrogens with two attached hydrogens (primary N) is 1. The van der Waals surface area contributed by atoms with Crippen molar-refractivity contribution in [3.05, 3.63) is 58.6 Å². The molecule has 0 amide bonds. The molecule has 0 aliphatic carbocycles. The fourth-order valence-electron chi connectivity index (χ4n) is 1.17. The number of halogens is 3. The van der Waals surface area contributed by atoms with E-state index in [0.717, 1.165) is 31.3 Å². The van der Waals surface area contributed by atoms with Crippen LogP contribution in [-0.4, -0.2) is 16.5 Å². The summed E-state index contributed by atoms with van der Waals surface area (Å²) in [7, 11) is 0. The standard InChI is InChI=1S/C8H10FN.C5H3BrFN.C2H7N.CH4/c1-2-3-8-5-4-7(9)6-10-8;6-5-2-1-4(7)3-8-5;1-2-3;/h4-6H,2-3H2,1H3;1-3H;2-3H2,1H3;1H4. The highest BCUT2D eigenvalue weighted by Gasteiger charge is 1.91. The van der Waals surface area contributed by atoms with Gasteiger partial charge in [0.25, 0.3) is 0 Å². The van der Waals surface area contributed by atoms with Crippen molar-refractivity contribution in [1.29, 1.82) is 0 Å². The summed E-state index contributed by atoms with van der Waals surface area (Å²) in [5, 5.41) is 0. The zero-order chi connectivity index (χ0) is 16.1. The minimum Gasteiger partial charge on any atom is -0.331 e. The number of nitrogens with zero attached hydrogens (tertiary/aromatic N) is 2. The van der Waals surface area contributed by atoms with Gasteiger partial charge < -0.3 is 5.73 Å². The molecule has 0 atom stereocenters. The summed E-state index contributed by atoms with van der Waals surface area (Å²) < 4.78 is 24.9. The van der Waals surface area contributed by atoms with Crippen LogP contribution < -0.4 is 5.73 Å². The van der Waals surface area contributed by atoms with Crippen LogP contribution in [0.2, 0.25) is 0 Å². The van der Waals surface area contributed by atoms with Crippen LogP contribution in [0.5, 0.6) is 0 Å². The molecular formula is C16H24BrF2N3. The van der Waals surface area contributed by atoms with Crippen LogP contribution in [0.3, 0.4) is 0 Å². The largest absolute Gasteiger partial charge is 0.331 e. The first kappa shape index (κ1) is 22.9. The van der Waals surface area contributed by atoms with Crippen molar-refractivity contribution in [3.63, 3.8) is 0 Å². The Hall–Kier alpha value is -1.40. The average molecular weight is 376 g/mol. The molecule has 0 aliphatic rings. The molecule has 22 heavy (non-hydrogen) atoms. The molecule has 0 radical (unpaired) electrons. The lowest BCUT2D eigenvalue weighted by Gasteiger charge is -1.94. The lowest BCUT2D eigenvalue weighted by Crippen LogP contribution is -1.88. The number of aromatic nitrogens is 2. The summed E-state index contributed by atoms with van der Waals surface area (Å²) in [4.78, 5) is 7.51. The van der Waals surface area contributed by atoms with Crippen molar-refractivity contribution in [1.82, 2.24) is 9.97 Å². The van der Waals surface area contributed by atoms with Gasteiger partial charge in [-0.25, -0.2) is 13.8 Å².